The molecule has 4 aliphatic rings. The van der Waals surface area contributed by atoms with E-state index in [1.54, 1.807) is 5.57 Å². The molecule has 192 valence electrons. The lowest BCUT2D eigenvalue weighted by molar-refractivity contribution is -0.0238. The Labute approximate surface area is 216 Å². The van der Waals surface area contributed by atoms with Crippen LogP contribution in [0.25, 0.3) is 11.3 Å². The van der Waals surface area contributed by atoms with E-state index in [0.717, 1.165) is 43.3 Å². The number of nitrogens with one attached hydrogen (secondary N) is 1. The summed E-state index contributed by atoms with van der Waals surface area (Å²) in [6, 6.07) is 11.0. The number of hydrogen-bond donors (Lipinski definition) is 2. The van der Waals surface area contributed by atoms with Crippen LogP contribution < -0.4 is 5.32 Å². The maximum atomic E-state index is 10.3. The second-order valence-electron chi connectivity index (χ2n) is 12.8. The van der Waals surface area contributed by atoms with Crippen LogP contribution in [0, 0.1) is 28.6 Å². The van der Waals surface area contributed by atoms with Crippen LogP contribution in [0.5, 0.6) is 0 Å². The summed E-state index contributed by atoms with van der Waals surface area (Å²) in [7, 11) is 0. The first-order valence-electron chi connectivity index (χ1n) is 14.3. The molecule has 2 aromatic rings. The van der Waals surface area contributed by atoms with E-state index in [9.17, 15) is 5.11 Å². The molecule has 0 saturated heterocycles. The summed E-state index contributed by atoms with van der Waals surface area (Å²) in [6.07, 6.45) is 15.1. The number of aliphatic hydroxyl groups excluding tert-OH is 1. The molecule has 1 aromatic heterocycles. The van der Waals surface area contributed by atoms with Crippen molar-refractivity contribution in [3.8, 4) is 5.69 Å². The molecule has 6 atom stereocenters. The highest BCUT2D eigenvalue weighted by molar-refractivity contribution is 5.73. The van der Waals surface area contributed by atoms with Gasteiger partial charge in [-0.05, 0) is 91.2 Å². The summed E-state index contributed by atoms with van der Waals surface area (Å²) in [5.74, 6) is 2.16. The van der Waals surface area contributed by atoms with Crippen LogP contribution in [0.3, 0.4) is 0 Å². The topological polar surface area (TPSA) is 50.1 Å². The summed E-state index contributed by atoms with van der Waals surface area (Å²) in [4.78, 5) is 0. The number of para-hydroxylation sites is 1. The van der Waals surface area contributed by atoms with Gasteiger partial charge in [-0.2, -0.15) is 5.10 Å². The Morgan fingerprint density at radius 1 is 1.03 bits per heavy atom. The number of aliphatic hydroxyl groups is 1. The van der Waals surface area contributed by atoms with Gasteiger partial charge < -0.3 is 10.4 Å². The van der Waals surface area contributed by atoms with Crippen LogP contribution in [-0.2, 0) is 6.54 Å². The zero-order valence-electron chi connectivity index (χ0n) is 22.5. The molecule has 1 aromatic carbocycles. The Bertz CT molecular complexity index is 1180. The van der Waals surface area contributed by atoms with Gasteiger partial charge in [0.2, 0.25) is 0 Å². The van der Waals surface area contributed by atoms with Crippen LogP contribution in [0.15, 0.2) is 54.3 Å². The summed E-state index contributed by atoms with van der Waals surface area (Å²) < 4.78 is 2.08. The zero-order chi connectivity index (χ0) is 25.1. The molecule has 0 unspecified atom stereocenters. The lowest BCUT2D eigenvalue weighted by Gasteiger charge is -2.57. The van der Waals surface area contributed by atoms with Gasteiger partial charge >= 0.3 is 0 Å². The van der Waals surface area contributed by atoms with E-state index in [1.807, 2.05) is 0 Å². The third kappa shape index (κ3) is 3.83. The van der Waals surface area contributed by atoms with E-state index in [1.165, 1.54) is 42.5 Å². The third-order valence-electron chi connectivity index (χ3n) is 10.4. The number of benzene rings is 1. The molecular formula is C32H43N3O. The van der Waals surface area contributed by atoms with Crippen LogP contribution >= 0.6 is 0 Å². The average molecular weight is 486 g/mol. The average Bonchev–Trinajstić information content (AvgIpc) is 3.44. The fourth-order valence-corrected chi connectivity index (χ4v) is 8.37. The van der Waals surface area contributed by atoms with Crippen molar-refractivity contribution in [1.29, 1.82) is 0 Å². The Kier molecular flexibility index (Phi) is 6.04. The van der Waals surface area contributed by atoms with Crippen LogP contribution in [-0.4, -0.2) is 27.0 Å². The summed E-state index contributed by atoms with van der Waals surface area (Å²) in [6.45, 7) is 10.3. The largest absolute Gasteiger partial charge is 0.393 e. The molecule has 6 rings (SSSR count). The third-order valence-corrected chi connectivity index (χ3v) is 10.4. The fraction of sp³-hybridized carbons (Fsp3) is 0.594. The van der Waals surface area contributed by atoms with Gasteiger partial charge in [0.15, 0.2) is 0 Å². The minimum absolute atomic E-state index is 0.132. The smallest absolute Gasteiger partial charge is 0.0934 e. The molecule has 2 fully saturated rings. The molecule has 0 amide bonds. The normalized spacial score (nSPS) is 35.6. The van der Waals surface area contributed by atoms with Crippen molar-refractivity contribution < 1.29 is 5.11 Å². The predicted octanol–water partition coefficient (Wildman–Crippen LogP) is 6.69. The first-order valence-corrected chi connectivity index (χ1v) is 14.3. The summed E-state index contributed by atoms with van der Waals surface area (Å²) in [5, 5.41) is 19.2. The van der Waals surface area contributed by atoms with Crippen molar-refractivity contribution in [2.24, 2.45) is 28.6 Å². The number of fused-ring (bicyclic) bond motifs is 5. The predicted molar refractivity (Wildman–Crippen MR) is 147 cm³/mol. The molecule has 0 bridgehead atoms. The summed E-state index contributed by atoms with van der Waals surface area (Å²) in [5.41, 5.74) is 7.14. The van der Waals surface area contributed by atoms with Gasteiger partial charge in [-0.25, -0.2) is 4.68 Å². The maximum Gasteiger partial charge on any atom is 0.0934 e. The van der Waals surface area contributed by atoms with Gasteiger partial charge in [0.05, 0.1) is 17.5 Å². The first kappa shape index (κ1) is 24.2. The van der Waals surface area contributed by atoms with Crippen molar-refractivity contribution in [2.75, 3.05) is 0 Å². The number of rotatable bonds is 5. The molecular weight excluding hydrogens is 442 g/mol. The molecule has 2 saturated carbocycles. The standard InChI is InChI=1S/C32H43N3O/c1-21(2)33-19-22-20-35(24-8-6-5-7-9-24)34-30(22)29-13-12-27-26-11-10-23-18-25(36)14-16-31(23,3)28(26)15-17-32(27,29)4/h5-10,13,20-21,25-28,33,36H,11-12,14-19H2,1-4H3/t25-,26-,27-,28-,31-,32-/m0/s1. The quantitative estimate of drug-likeness (QED) is 0.464. The van der Waals surface area contributed by atoms with E-state index in [4.69, 9.17) is 5.10 Å². The second kappa shape index (κ2) is 8.99. The molecule has 0 radical (unpaired) electrons. The number of aromatic nitrogens is 2. The van der Waals surface area contributed by atoms with Gasteiger partial charge in [-0.1, -0.05) is 63.6 Å². The van der Waals surface area contributed by atoms with Crippen molar-refractivity contribution >= 4 is 5.57 Å². The molecule has 0 spiro atoms. The van der Waals surface area contributed by atoms with Crippen molar-refractivity contribution in [3.05, 3.63) is 65.5 Å². The Morgan fingerprint density at radius 2 is 1.81 bits per heavy atom. The first-order chi connectivity index (χ1) is 17.3. The zero-order valence-corrected chi connectivity index (χ0v) is 22.5. The molecule has 1 heterocycles. The van der Waals surface area contributed by atoms with Gasteiger partial charge in [0.25, 0.3) is 0 Å². The highest BCUT2D eigenvalue weighted by atomic mass is 16.3. The van der Waals surface area contributed by atoms with Crippen molar-refractivity contribution in [3.63, 3.8) is 0 Å². The lowest BCUT2D eigenvalue weighted by atomic mass is 9.47. The number of hydrogen-bond acceptors (Lipinski definition) is 3. The fourth-order valence-electron chi connectivity index (χ4n) is 8.37. The highest BCUT2D eigenvalue weighted by Crippen LogP contribution is 2.66. The minimum atomic E-state index is -0.132. The Morgan fingerprint density at radius 3 is 2.58 bits per heavy atom. The molecule has 4 nitrogen and oxygen atoms in total. The van der Waals surface area contributed by atoms with Crippen molar-refractivity contribution in [2.45, 2.75) is 91.3 Å². The highest BCUT2D eigenvalue weighted by Gasteiger charge is 2.57. The van der Waals surface area contributed by atoms with Gasteiger partial charge in [-0.15, -0.1) is 0 Å². The molecule has 4 aliphatic carbocycles. The Balaban J connectivity index is 1.33. The monoisotopic (exact) mass is 485 g/mol. The van der Waals surface area contributed by atoms with Crippen LogP contribution in [0.2, 0.25) is 0 Å². The van der Waals surface area contributed by atoms with Gasteiger partial charge in [0.1, 0.15) is 0 Å². The maximum absolute atomic E-state index is 10.3. The van der Waals surface area contributed by atoms with E-state index < -0.39 is 0 Å². The Hall–Kier alpha value is -2.17. The molecule has 4 heteroatoms. The van der Waals surface area contributed by atoms with Crippen LogP contribution in [0.1, 0.15) is 83.9 Å². The SMILES string of the molecule is CC(C)NCc1cn(-c2ccccc2)nc1C1=CC[C@H]2[C@@H]3CC=C4C[C@@H](O)CC[C@]4(C)[C@H]3CC[C@]12C. The molecule has 2 N–H and O–H groups in total. The van der Waals surface area contributed by atoms with Gasteiger partial charge in [-0.3, -0.25) is 0 Å². The lowest BCUT2D eigenvalue weighted by Crippen LogP contribution is -2.49. The van der Waals surface area contributed by atoms with E-state index >= 15 is 0 Å². The van der Waals surface area contributed by atoms with E-state index in [0.29, 0.717) is 12.0 Å². The second-order valence-corrected chi connectivity index (χ2v) is 12.8. The molecule has 36 heavy (non-hydrogen) atoms. The van der Waals surface area contributed by atoms with Crippen LogP contribution in [0.4, 0.5) is 0 Å². The molecule has 0 aliphatic heterocycles. The van der Waals surface area contributed by atoms with Gasteiger partial charge in [0, 0.05) is 24.3 Å². The number of nitrogens with zero attached hydrogens (tertiary/aromatic N) is 2. The number of allylic oxidation sites excluding steroid dienone is 3. The minimum Gasteiger partial charge on any atom is -0.393 e. The van der Waals surface area contributed by atoms with E-state index in [-0.39, 0.29) is 16.9 Å². The summed E-state index contributed by atoms with van der Waals surface area (Å²) >= 11 is 0. The van der Waals surface area contributed by atoms with E-state index in [2.05, 4.69) is 86.4 Å². The van der Waals surface area contributed by atoms with Crippen molar-refractivity contribution in [1.82, 2.24) is 15.1 Å².